The molecule has 4 rings (SSSR count). The number of hydrogen-bond acceptors (Lipinski definition) is 3. The van der Waals surface area contributed by atoms with Crippen LogP contribution in [0.5, 0.6) is 0 Å². The zero-order chi connectivity index (χ0) is 18.8. The van der Waals surface area contributed by atoms with Gasteiger partial charge < -0.3 is 5.32 Å². The van der Waals surface area contributed by atoms with Crippen molar-refractivity contribution in [3.05, 3.63) is 88.7 Å². The number of halogens is 1. The number of carbonyl (C=O) groups excluding carboxylic acids is 1. The lowest BCUT2D eigenvalue weighted by Crippen LogP contribution is -2.13. The van der Waals surface area contributed by atoms with E-state index in [1.165, 1.54) is 23.3 Å². The smallest absolute Gasteiger partial charge is 0.258 e. The van der Waals surface area contributed by atoms with E-state index >= 15 is 0 Å². The van der Waals surface area contributed by atoms with Crippen LogP contribution in [0.4, 0.5) is 10.1 Å². The molecule has 1 heterocycles. The Labute approximate surface area is 161 Å². The van der Waals surface area contributed by atoms with Crippen molar-refractivity contribution in [2.24, 2.45) is 4.99 Å². The fraction of sp³-hybridized carbons (Fsp3) is 0.0909. The van der Waals surface area contributed by atoms with Gasteiger partial charge in [-0.3, -0.25) is 9.79 Å². The zero-order valence-electron chi connectivity index (χ0n) is 14.7. The van der Waals surface area contributed by atoms with Crippen molar-refractivity contribution in [1.29, 1.82) is 0 Å². The molecule has 0 radical (unpaired) electrons. The standard InChI is InChI=1S/C22H17FN2OS/c1-14-9-15-12-24-13-16(15)10-21(14)27-18-6-4-5-17(11-18)25-22(26)19-7-2-3-8-20(19)23/h2-11,13H,12H2,1H3,(H,25,26). The molecule has 3 nitrogen and oxygen atoms in total. The fourth-order valence-corrected chi connectivity index (χ4v) is 3.97. The van der Waals surface area contributed by atoms with E-state index in [2.05, 4.69) is 29.4 Å². The normalized spacial score (nSPS) is 12.1. The molecule has 1 aliphatic heterocycles. The lowest BCUT2D eigenvalue weighted by Gasteiger charge is -2.10. The molecule has 0 aliphatic carbocycles. The first-order valence-electron chi connectivity index (χ1n) is 8.57. The van der Waals surface area contributed by atoms with Crippen LogP contribution in [0.1, 0.15) is 27.0 Å². The fourth-order valence-electron chi connectivity index (χ4n) is 2.98. The maximum absolute atomic E-state index is 13.8. The summed E-state index contributed by atoms with van der Waals surface area (Å²) in [6.45, 7) is 2.84. The van der Waals surface area contributed by atoms with Gasteiger partial charge in [-0.2, -0.15) is 0 Å². The number of hydrogen-bond donors (Lipinski definition) is 1. The molecule has 0 unspecified atom stereocenters. The van der Waals surface area contributed by atoms with Crippen LogP contribution in [-0.4, -0.2) is 12.1 Å². The van der Waals surface area contributed by atoms with E-state index in [9.17, 15) is 9.18 Å². The Morgan fingerprint density at radius 1 is 1.11 bits per heavy atom. The van der Waals surface area contributed by atoms with Gasteiger partial charge in [-0.15, -0.1) is 0 Å². The van der Waals surface area contributed by atoms with Gasteiger partial charge in [0, 0.05) is 21.7 Å². The highest BCUT2D eigenvalue weighted by Crippen LogP contribution is 2.34. The lowest BCUT2D eigenvalue weighted by atomic mass is 10.1. The van der Waals surface area contributed by atoms with Crippen molar-refractivity contribution < 1.29 is 9.18 Å². The van der Waals surface area contributed by atoms with Crippen LogP contribution < -0.4 is 5.32 Å². The first kappa shape index (κ1) is 17.5. The summed E-state index contributed by atoms with van der Waals surface area (Å²) < 4.78 is 13.8. The number of rotatable bonds is 4. The summed E-state index contributed by atoms with van der Waals surface area (Å²) in [5, 5.41) is 2.77. The van der Waals surface area contributed by atoms with Crippen molar-refractivity contribution in [1.82, 2.24) is 0 Å². The van der Waals surface area contributed by atoms with Crippen LogP contribution in [0.15, 0.2) is 75.4 Å². The summed E-state index contributed by atoms with van der Waals surface area (Å²) in [4.78, 5) is 18.8. The third kappa shape index (κ3) is 3.78. The van der Waals surface area contributed by atoms with Gasteiger partial charge in [-0.1, -0.05) is 36.0 Å². The first-order chi connectivity index (χ1) is 13.1. The Hall–Kier alpha value is -2.92. The second-order valence-electron chi connectivity index (χ2n) is 6.35. The SMILES string of the molecule is Cc1cc2c(cc1Sc1cccc(NC(=O)c3ccccc3F)c1)C=NC2. The van der Waals surface area contributed by atoms with E-state index in [1.807, 2.05) is 24.4 Å². The average molecular weight is 376 g/mol. The molecule has 0 saturated heterocycles. The monoisotopic (exact) mass is 376 g/mol. The number of nitrogens with zero attached hydrogens (tertiary/aromatic N) is 1. The van der Waals surface area contributed by atoms with Gasteiger partial charge in [-0.05, 0) is 60.0 Å². The Bertz CT molecular complexity index is 1060. The summed E-state index contributed by atoms with van der Waals surface area (Å²) >= 11 is 1.63. The van der Waals surface area contributed by atoms with E-state index in [4.69, 9.17) is 0 Å². The molecule has 5 heteroatoms. The van der Waals surface area contributed by atoms with Crippen molar-refractivity contribution in [3.63, 3.8) is 0 Å². The molecule has 134 valence electrons. The van der Waals surface area contributed by atoms with Gasteiger partial charge in [0.2, 0.25) is 0 Å². The molecular formula is C22H17FN2OS. The maximum atomic E-state index is 13.8. The molecule has 3 aromatic carbocycles. The minimum atomic E-state index is -0.532. The summed E-state index contributed by atoms with van der Waals surface area (Å²) in [6.07, 6.45) is 1.91. The number of benzene rings is 3. The number of aliphatic imine (C=N–C) groups is 1. The van der Waals surface area contributed by atoms with E-state index < -0.39 is 11.7 Å². The minimum Gasteiger partial charge on any atom is -0.322 e. The number of nitrogens with one attached hydrogen (secondary N) is 1. The lowest BCUT2D eigenvalue weighted by molar-refractivity contribution is 0.102. The second-order valence-corrected chi connectivity index (χ2v) is 7.47. The second kappa shape index (κ2) is 7.37. The number of aryl methyl sites for hydroxylation is 1. The molecular weight excluding hydrogens is 359 g/mol. The Balaban J connectivity index is 1.54. The van der Waals surface area contributed by atoms with Crippen molar-refractivity contribution >= 4 is 29.6 Å². The molecule has 0 saturated carbocycles. The average Bonchev–Trinajstić information content (AvgIpc) is 3.09. The number of carbonyl (C=O) groups is 1. The molecule has 1 N–H and O–H groups in total. The summed E-state index contributed by atoms with van der Waals surface area (Å²) in [7, 11) is 0. The summed E-state index contributed by atoms with van der Waals surface area (Å²) in [5.41, 5.74) is 4.28. The quantitative estimate of drug-likeness (QED) is 0.656. The molecule has 0 bridgehead atoms. The maximum Gasteiger partial charge on any atom is 0.258 e. The van der Waals surface area contributed by atoms with Gasteiger partial charge in [0.05, 0.1) is 12.1 Å². The van der Waals surface area contributed by atoms with Crippen LogP contribution in [0, 0.1) is 12.7 Å². The number of anilines is 1. The molecule has 27 heavy (non-hydrogen) atoms. The molecule has 0 aromatic heterocycles. The van der Waals surface area contributed by atoms with E-state index in [0.29, 0.717) is 5.69 Å². The predicted molar refractivity (Wildman–Crippen MR) is 107 cm³/mol. The van der Waals surface area contributed by atoms with Crippen LogP contribution in [0.25, 0.3) is 0 Å². The summed E-state index contributed by atoms with van der Waals surface area (Å²) in [5.74, 6) is -0.990. The molecule has 0 atom stereocenters. The van der Waals surface area contributed by atoms with Gasteiger partial charge in [0.1, 0.15) is 5.82 Å². The highest BCUT2D eigenvalue weighted by molar-refractivity contribution is 7.99. The van der Waals surface area contributed by atoms with Gasteiger partial charge in [0.15, 0.2) is 0 Å². The van der Waals surface area contributed by atoms with Crippen molar-refractivity contribution in [2.45, 2.75) is 23.3 Å². The van der Waals surface area contributed by atoms with E-state index in [0.717, 1.165) is 21.9 Å². The molecule has 0 fully saturated rings. The van der Waals surface area contributed by atoms with E-state index in [-0.39, 0.29) is 5.56 Å². The van der Waals surface area contributed by atoms with Gasteiger partial charge in [-0.25, -0.2) is 4.39 Å². The van der Waals surface area contributed by atoms with Gasteiger partial charge in [0.25, 0.3) is 5.91 Å². The van der Waals surface area contributed by atoms with Crippen LogP contribution >= 0.6 is 11.8 Å². The molecule has 0 spiro atoms. The molecule has 1 aliphatic rings. The van der Waals surface area contributed by atoms with Gasteiger partial charge >= 0.3 is 0 Å². The van der Waals surface area contributed by atoms with Crippen molar-refractivity contribution in [2.75, 3.05) is 5.32 Å². The molecule has 1 amide bonds. The predicted octanol–water partition coefficient (Wildman–Crippen LogP) is 5.47. The highest BCUT2D eigenvalue weighted by Gasteiger charge is 2.13. The first-order valence-corrected chi connectivity index (χ1v) is 9.39. The van der Waals surface area contributed by atoms with Crippen LogP contribution in [0.2, 0.25) is 0 Å². The summed E-state index contributed by atoms with van der Waals surface area (Å²) in [6, 6.07) is 17.8. The number of fused-ring (bicyclic) bond motifs is 1. The zero-order valence-corrected chi connectivity index (χ0v) is 15.5. The third-order valence-electron chi connectivity index (χ3n) is 4.37. The van der Waals surface area contributed by atoms with E-state index in [1.54, 1.807) is 30.0 Å². The van der Waals surface area contributed by atoms with Crippen LogP contribution in [0.3, 0.4) is 0 Å². The highest BCUT2D eigenvalue weighted by atomic mass is 32.2. The Kier molecular flexibility index (Phi) is 4.77. The largest absolute Gasteiger partial charge is 0.322 e. The Morgan fingerprint density at radius 3 is 2.81 bits per heavy atom. The topological polar surface area (TPSA) is 41.5 Å². The molecule has 3 aromatic rings. The minimum absolute atomic E-state index is 0.0318. The number of amides is 1. The third-order valence-corrected chi connectivity index (χ3v) is 5.52. The van der Waals surface area contributed by atoms with Crippen molar-refractivity contribution in [3.8, 4) is 0 Å². The Morgan fingerprint density at radius 2 is 1.96 bits per heavy atom. The van der Waals surface area contributed by atoms with Crippen LogP contribution in [-0.2, 0) is 6.54 Å².